The number of thiazole rings is 1. The van der Waals surface area contributed by atoms with Crippen LogP contribution in [0.5, 0.6) is 5.75 Å². The largest absolute Gasteiger partial charge is 0.379 e. The minimum atomic E-state index is -3.97. The molecule has 1 amide bonds. The second-order valence-electron chi connectivity index (χ2n) is 8.66. The van der Waals surface area contributed by atoms with Crippen LogP contribution in [0, 0.1) is 10.5 Å². The minimum absolute atomic E-state index is 0.0611. The SMILES string of the molecule is Cc1ccc(NC(=O)c2ccc(OS(=O)(=O)c3ccc(I)cc3)cc2)cc1Cc1nc(-c2cccnc2)cs1. The lowest BCUT2D eigenvalue weighted by Gasteiger charge is -2.11. The molecule has 7 nitrogen and oxygen atoms in total. The summed E-state index contributed by atoms with van der Waals surface area (Å²) in [6, 6.07) is 22.0. The Kier molecular flexibility index (Phi) is 8.05. The van der Waals surface area contributed by atoms with E-state index >= 15 is 0 Å². The van der Waals surface area contributed by atoms with Gasteiger partial charge in [0.1, 0.15) is 10.6 Å². The molecule has 10 heteroatoms. The summed E-state index contributed by atoms with van der Waals surface area (Å²) in [4.78, 5) is 21.9. The fourth-order valence-corrected chi connectivity index (χ4v) is 5.90. The second kappa shape index (κ2) is 11.6. The summed E-state index contributed by atoms with van der Waals surface area (Å²) in [5.74, 6) is -0.193. The minimum Gasteiger partial charge on any atom is -0.379 e. The van der Waals surface area contributed by atoms with Crippen LogP contribution < -0.4 is 9.50 Å². The van der Waals surface area contributed by atoms with E-state index in [2.05, 4.69) is 32.9 Å². The van der Waals surface area contributed by atoms with E-state index in [-0.39, 0.29) is 16.6 Å². The van der Waals surface area contributed by atoms with E-state index in [0.717, 1.165) is 31.0 Å². The number of anilines is 1. The maximum atomic E-state index is 12.9. The zero-order valence-electron chi connectivity index (χ0n) is 20.7. The molecule has 5 aromatic rings. The van der Waals surface area contributed by atoms with Crippen molar-refractivity contribution in [3.8, 4) is 17.0 Å². The molecule has 0 aliphatic rings. The molecule has 0 unspecified atom stereocenters. The van der Waals surface area contributed by atoms with Crippen LogP contribution in [0.3, 0.4) is 0 Å². The first-order valence-corrected chi connectivity index (χ1v) is 15.2. The maximum absolute atomic E-state index is 12.9. The fraction of sp³-hybridized carbons (Fsp3) is 0.0690. The Morgan fingerprint density at radius 1 is 1.03 bits per heavy atom. The number of carbonyl (C=O) groups excluding carboxylic acids is 1. The van der Waals surface area contributed by atoms with Crippen molar-refractivity contribution in [2.24, 2.45) is 0 Å². The number of amides is 1. The highest BCUT2D eigenvalue weighted by molar-refractivity contribution is 14.1. The number of halogens is 1. The smallest absolute Gasteiger partial charge is 0.339 e. The zero-order chi connectivity index (χ0) is 27.4. The fourth-order valence-electron chi connectivity index (χ4n) is 3.78. The highest BCUT2D eigenvalue weighted by Gasteiger charge is 2.17. The van der Waals surface area contributed by atoms with Crippen LogP contribution in [0.2, 0.25) is 0 Å². The Hall–Kier alpha value is -3.61. The Morgan fingerprint density at radius 3 is 2.51 bits per heavy atom. The van der Waals surface area contributed by atoms with Crippen molar-refractivity contribution >= 4 is 55.6 Å². The number of rotatable bonds is 8. The van der Waals surface area contributed by atoms with Crippen molar-refractivity contribution in [1.29, 1.82) is 0 Å². The van der Waals surface area contributed by atoms with E-state index in [1.807, 2.05) is 42.6 Å². The topological polar surface area (TPSA) is 98.2 Å². The van der Waals surface area contributed by atoms with Crippen molar-refractivity contribution in [2.75, 3.05) is 5.32 Å². The average molecular weight is 668 g/mol. The summed E-state index contributed by atoms with van der Waals surface area (Å²) in [6.45, 7) is 2.03. The molecule has 1 N–H and O–H groups in total. The molecule has 5 rings (SSSR count). The van der Waals surface area contributed by atoms with Crippen LogP contribution in [-0.4, -0.2) is 24.3 Å². The van der Waals surface area contributed by atoms with Gasteiger partial charge in [-0.15, -0.1) is 11.3 Å². The monoisotopic (exact) mass is 667 g/mol. The number of carbonyl (C=O) groups is 1. The van der Waals surface area contributed by atoms with Crippen LogP contribution in [0.4, 0.5) is 5.69 Å². The molecule has 2 heterocycles. The molecule has 0 aliphatic heterocycles. The number of hydrogen-bond acceptors (Lipinski definition) is 7. The summed E-state index contributed by atoms with van der Waals surface area (Å²) in [5.41, 5.74) is 5.06. The molecule has 0 spiro atoms. The molecule has 0 radical (unpaired) electrons. The van der Waals surface area contributed by atoms with Gasteiger partial charge in [0.15, 0.2) is 0 Å². The highest BCUT2D eigenvalue weighted by Crippen LogP contribution is 2.26. The molecule has 0 saturated carbocycles. The average Bonchev–Trinajstić information content (AvgIpc) is 3.40. The molecule has 0 fully saturated rings. The van der Waals surface area contributed by atoms with Crippen LogP contribution >= 0.6 is 33.9 Å². The standard InChI is InChI=1S/C29H22IN3O4S2/c1-19-4-9-24(15-22(19)16-28-33-27(18-38-28)21-3-2-14-31-17-21)32-29(34)20-5-10-25(11-6-20)37-39(35,36)26-12-7-23(30)8-13-26/h2-15,17-18H,16H2,1H3,(H,32,34). The Balaban J connectivity index is 1.25. The Bertz CT molecular complexity index is 1720. The molecule has 3 aromatic carbocycles. The first kappa shape index (κ1) is 27.0. The van der Waals surface area contributed by atoms with E-state index in [9.17, 15) is 13.2 Å². The van der Waals surface area contributed by atoms with Gasteiger partial charge in [-0.25, -0.2) is 4.98 Å². The number of aromatic nitrogens is 2. The van der Waals surface area contributed by atoms with Crippen molar-refractivity contribution in [1.82, 2.24) is 9.97 Å². The second-order valence-corrected chi connectivity index (χ2v) is 12.4. The van der Waals surface area contributed by atoms with Crippen LogP contribution in [-0.2, 0) is 16.5 Å². The molecule has 0 saturated heterocycles. The molecular formula is C29H22IN3O4S2. The van der Waals surface area contributed by atoms with Crippen molar-refractivity contribution < 1.29 is 17.4 Å². The molecule has 0 atom stereocenters. The lowest BCUT2D eigenvalue weighted by molar-refractivity contribution is 0.102. The van der Waals surface area contributed by atoms with Gasteiger partial charge in [-0.05, 0) is 113 Å². The van der Waals surface area contributed by atoms with Gasteiger partial charge < -0.3 is 9.50 Å². The van der Waals surface area contributed by atoms with Gasteiger partial charge in [0, 0.05) is 44.6 Å². The van der Waals surface area contributed by atoms with Crippen LogP contribution in [0.25, 0.3) is 11.3 Å². The number of pyridine rings is 1. The maximum Gasteiger partial charge on any atom is 0.339 e. The normalized spacial score (nSPS) is 11.2. The van der Waals surface area contributed by atoms with Gasteiger partial charge in [-0.1, -0.05) is 6.07 Å². The summed E-state index contributed by atoms with van der Waals surface area (Å²) in [7, 11) is -3.97. The summed E-state index contributed by atoms with van der Waals surface area (Å²) in [5, 5.41) is 5.91. The van der Waals surface area contributed by atoms with Crippen molar-refractivity contribution in [3.63, 3.8) is 0 Å². The van der Waals surface area contributed by atoms with E-state index in [1.165, 1.54) is 36.4 Å². The predicted molar refractivity (Wildman–Crippen MR) is 161 cm³/mol. The predicted octanol–water partition coefficient (Wildman–Crippen LogP) is 6.73. The number of hydrogen-bond donors (Lipinski definition) is 1. The van der Waals surface area contributed by atoms with Gasteiger partial charge >= 0.3 is 10.1 Å². The lowest BCUT2D eigenvalue weighted by Crippen LogP contribution is -2.13. The summed E-state index contributed by atoms with van der Waals surface area (Å²) in [6.07, 6.45) is 4.17. The lowest BCUT2D eigenvalue weighted by atomic mass is 10.0. The van der Waals surface area contributed by atoms with Crippen LogP contribution in [0.1, 0.15) is 26.5 Å². The Labute approximate surface area is 244 Å². The third kappa shape index (κ3) is 6.70. The molecule has 39 heavy (non-hydrogen) atoms. The van der Waals surface area contributed by atoms with E-state index in [1.54, 1.807) is 35.9 Å². The number of benzene rings is 3. The van der Waals surface area contributed by atoms with Crippen molar-refractivity contribution in [3.05, 3.63) is 122 Å². The summed E-state index contributed by atoms with van der Waals surface area (Å²) >= 11 is 3.69. The van der Waals surface area contributed by atoms with Gasteiger partial charge in [0.25, 0.3) is 5.91 Å². The zero-order valence-corrected chi connectivity index (χ0v) is 24.5. The van der Waals surface area contributed by atoms with E-state index in [4.69, 9.17) is 9.17 Å². The van der Waals surface area contributed by atoms with Gasteiger partial charge in [-0.2, -0.15) is 8.42 Å². The third-order valence-electron chi connectivity index (χ3n) is 5.88. The first-order valence-electron chi connectivity index (χ1n) is 11.8. The summed E-state index contributed by atoms with van der Waals surface area (Å²) < 4.78 is 31.2. The number of nitrogens with one attached hydrogen (secondary N) is 1. The number of nitrogens with zero attached hydrogens (tertiary/aromatic N) is 2. The van der Waals surface area contributed by atoms with Crippen LogP contribution in [0.15, 0.2) is 102 Å². The molecule has 2 aromatic heterocycles. The van der Waals surface area contributed by atoms with E-state index in [0.29, 0.717) is 17.7 Å². The molecule has 0 bridgehead atoms. The molecule has 196 valence electrons. The van der Waals surface area contributed by atoms with Gasteiger partial charge in [0.2, 0.25) is 0 Å². The van der Waals surface area contributed by atoms with E-state index < -0.39 is 10.1 Å². The quantitative estimate of drug-likeness (QED) is 0.146. The van der Waals surface area contributed by atoms with Crippen molar-refractivity contribution in [2.45, 2.75) is 18.2 Å². The third-order valence-corrected chi connectivity index (χ3v) is 8.71. The van der Waals surface area contributed by atoms with Gasteiger partial charge in [0.05, 0.1) is 10.7 Å². The highest BCUT2D eigenvalue weighted by atomic mass is 127. The first-order chi connectivity index (χ1) is 18.8. The Morgan fingerprint density at radius 2 is 1.79 bits per heavy atom. The van der Waals surface area contributed by atoms with Gasteiger partial charge in [-0.3, -0.25) is 9.78 Å². The number of aryl methyl sites for hydroxylation is 1. The molecular weight excluding hydrogens is 645 g/mol. The molecule has 0 aliphatic carbocycles.